The molecule has 2 aromatic rings. The summed E-state index contributed by atoms with van der Waals surface area (Å²) in [5, 5.41) is 3.42. The largest absolute Gasteiger partial charge is 0.497 e. The molecular weight excluding hydrogens is 404 g/mol. The van der Waals surface area contributed by atoms with E-state index in [1.54, 1.807) is 38.3 Å². The molecule has 0 bridgehead atoms. The smallest absolute Gasteiger partial charge is 0.261 e. The van der Waals surface area contributed by atoms with Gasteiger partial charge in [-0.2, -0.15) is 0 Å². The lowest BCUT2D eigenvalue weighted by atomic mass is 10.1. The summed E-state index contributed by atoms with van der Waals surface area (Å²) in [6.07, 6.45) is 1.87. The second kappa shape index (κ2) is 12.1. The molecule has 6 nitrogen and oxygen atoms in total. The number of ether oxygens (including phenoxy) is 2. The average molecular weight is 433 g/mol. The molecular formula is C23H29ClN2O4. The molecule has 0 saturated carbocycles. The van der Waals surface area contributed by atoms with Gasteiger partial charge >= 0.3 is 0 Å². The second-order valence-electron chi connectivity index (χ2n) is 6.94. The maximum atomic E-state index is 13.0. The monoisotopic (exact) mass is 432 g/mol. The molecule has 0 saturated heterocycles. The van der Waals surface area contributed by atoms with Gasteiger partial charge < -0.3 is 19.7 Å². The summed E-state index contributed by atoms with van der Waals surface area (Å²) in [6, 6.07) is 13.6. The Morgan fingerprint density at radius 3 is 2.57 bits per heavy atom. The molecule has 30 heavy (non-hydrogen) atoms. The minimum absolute atomic E-state index is 0.192. The van der Waals surface area contributed by atoms with Crippen LogP contribution in [0.5, 0.6) is 11.5 Å². The van der Waals surface area contributed by atoms with E-state index in [9.17, 15) is 9.59 Å². The van der Waals surface area contributed by atoms with Crippen molar-refractivity contribution in [1.82, 2.24) is 10.2 Å². The number of nitrogens with zero attached hydrogens (tertiary/aromatic N) is 1. The van der Waals surface area contributed by atoms with Gasteiger partial charge in [-0.25, -0.2) is 0 Å². The van der Waals surface area contributed by atoms with E-state index in [0.717, 1.165) is 18.4 Å². The Balaban J connectivity index is 2.13. The average Bonchev–Trinajstić information content (AvgIpc) is 2.75. The van der Waals surface area contributed by atoms with Gasteiger partial charge in [-0.3, -0.25) is 9.59 Å². The van der Waals surface area contributed by atoms with E-state index in [1.165, 1.54) is 4.90 Å². The lowest BCUT2D eigenvalue weighted by Crippen LogP contribution is -2.49. The second-order valence-corrected chi connectivity index (χ2v) is 7.38. The van der Waals surface area contributed by atoms with E-state index in [-0.39, 0.29) is 25.0 Å². The minimum atomic E-state index is -0.650. The zero-order valence-corrected chi connectivity index (χ0v) is 18.4. The van der Waals surface area contributed by atoms with Gasteiger partial charge in [0.1, 0.15) is 17.5 Å². The molecule has 0 heterocycles. The van der Waals surface area contributed by atoms with Crippen molar-refractivity contribution >= 4 is 23.4 Å². The first kappa shape index (κ1) is 23.5. The summed E-state index contributed by atoms with van der Waals surface area (Å²) in [4.78, 5) is 27.1. The van der Waals surface area contributed by atoms with E-state index in [2.05, 4.69) is 12.2 Å². The summed E-state index contributed by atoms with van der Waals surface area (Å²) >= 11 is 5.97. The number of hydrogen-bond acceptors (Lipinski definition) is 4. The fraction of sp³-hybridized carbons (Fsp3) is 0.391. The molecule has 0 radical (unpaired) electrons. The van der Waals surface area contributed by atoms with E-state index in [0.29, 0.717) is 23.1 Å². The van der Waals surface area contributed by atoms with Crippen molar-refractivity contribution in [3.63, 3.8) is 0 Å². The Labute approximate surface area is 183 Å². The van der Waals surface area contributed by atoms with Crippen LogP contribution in [0.25, 0.3) is 0 Å². The highest BCUT2D eigenvalue weighted by atomic mass is 35.5. The van der Waals surface area contributed by atoms with Gasteiger partial charge in [0.05, 0.1) is 7.11 Å². The maximum Gasteiger partial charge on any atom is 0.261 e. The molecule has 0 aliphatic heterocycles. The van der Waals surface area contributed by atoms with Crippen molar-refractivity contribution in [3.05, 3.63) is 59.1 Å². The molecule has 162 valence electrons. The number of carbonyl (C=O) groups is 2. The Morgan fingerprint density at radius 2 is 1.87 bits per heavy atom. The summed E-state index contributed by atoms with van der Waals surface area (Å²) in [5.74, 6) is 0.700. The summed E-state index contributed by atoms with van der Waals surface area (Å²) < 4.78 is 10.9. The quantitative estimate of drug-likeness (QED) is 0.544. The van der Waals surface area contributed by atoms with Gasteiger partial charge in [0.2, 0.25) is 5.91 Å². The number of halogens is 1. The van der Waals surface area contributed by atoms with Crippen molar-refractivity contribution < 1.29 is 19.1 Å². The number of amides is 2. The zero-order chi connectivity index (χ0) is 21.9. The van der Waals surface area contributed by atoms with Crippen LogP contribution in [0.4, 0.5) is 0 Å². The SMILES string of the molecule is CCCCNC(=O)[C@@H](C)N(Cc1cccc(OC)c1)C(=O)COc1cccc(Cl)c1. The zero-order valence-electron chi connectivity index (χ0n) is 17.7. The number of hydrogen-bond donors (Lipinski definition) is 1. The summed E-state index contributed by atoms with van der Waals surface area (Å²) in [6.45, 7) is 4.42. The lowest BCUT2D eigenvalue weighted by Gasteiger charge is -2.29. The van der Waals surface area contributed by atoms with Crippen molar-refractivity contribution in [2.45, 2.75) is 39.3 Å². The Hall–Kier alpha value is -2.73. The topological polar surface area (TPSA) is 67.9 Å². The van der Waals surface area contributed by atoms with Crippen molar-refractivity contribution in [1.29, 1.82) is 0 Å². The highest BCUT2D eigenvalue weighted by Gasteiger charge is 2.26. The molecule has 0 aliphatic rings. The molecule has 7 heteroatoms. The van der Waals surface area contributed by atoms with Gasteiger partial charge in [-0.1, -0.05) is 43.1 Å². The van der Waals surface area contributed by atoms with Crippen LogP contribution in [0.3, 0.4) is 0 Å². The number of rotatable bonds is 11. The van der Waals surface area contributed by atoms with Crippen LogP contribution in [-0.4, -0.2) is 43.0 Å². The van der Waals surface area contributed by atoms with Gasteiger partial charge in [0.25, 0.3) is 5.91 Å². The van der Waals surface area contributed by atoms with Crippen LogP contribution in [0.1, 0.15) is 32.3 Å². The van der Waals surface area contributed by atoms with Crippen molar-refractivity contribution in [3.8, 4) is 11.5 Å². The lowest BCUT2D eigenvalue weighted by molar-refractivity contribution is -0.142. The van der Waals surface area contributed by atoms with Crippen LogP contribution >= 0.6 is 11.6 Å². The van der Waals surface area contributed by atoms with Gasteiger partial charge in [-0.15, -0.1) is 0 Å². The number of nitrogens with one attached hydrogen (secondary N) is 1. The summed E-state index contributed by atoms with van der Waals surface area (Å²) in [5.41, 5.74) is 0.860. The first-order valence-corrected chi connectivity index (χ1v) is 10.4. The fourth-order valence-corrected chi connectivity index (χ4v) is 3.05. The van der Waals surface area contributed by atoms with Gasteiger partial charge in [-0.05, 0) is 49.2 Å². The van der Waals surface area contributed by atoms with E-state index in [1.807, 2.05) is 24.3 Å². The Kier molecular flexibility index (Phi) is 9.48. The number of methoxy groups -OCH3 is 1. The van der Waals surface area contributed by atoms with Crippen LogP contribution in [-0.2, 0) is 16.1 Å². The standard InChI is InChI=1S/C23H29ClN2O4/c1-4-5-12-25-23(28)17(2)26(15-18-8-6-10-20(13-18)29-3)22(27)16-30-21-11-7-9-19(24)14-21/h6-11,13-14,17H,4-5,12,15-16H2,1-3H3,(H,25,28)/t17-/m1/s1. The van der Waals surface area contributed by atoms with Gasteiger partial charge in [0, 0.05) is 18.1 Å². The Morgan fingerprint density at radius 1 is 1.13 bits per heavy atom. The van der Waals surface area contributed by atoms with Gasteiger partial charge in [0.15, 0.2) is 6.61 Å². The number of unbranched alkanes of at least 4 members (excludes halogenated alkanes) is 1. The third kappa shape index (κ3) is 7.26. The van der Waals surface area contributed by atoms with Crippen LogP contribution in [0.15, 0.2) is 48.5 Å². The first-order chi connectivity index (χ1) is 14.4. The molecule has 2 rings (SSSR count). The third-order valence-electron chi connectivity index (χ3n) is 4.64. The molecule has 0 fully saturated rings. The van der Waals surface area contributed by atoms with E-state index in [4.69, 9.17) is 21.1 Å². The normalized spacial score (nSPS) is 11.5. The minimum Gasteiger partial charge on any atom is -0.497 e. The maximum absolute atomic E-state index is 13.0. The molecule has 1 N–H and O–H groups in total. The van der Waals surface area contributed by atoms with E-state index >= 15 is 0 Å². The van der Waals surface area contributed by atoms with Crippen LogP contribution in [0.2, 0.25) is 5.02 Å². The molecule has 0 aliphatic carbocycles. The predicted molar refractivity (Wildman–Crippen MR) is 118 cm³/mol. The summed E-state index contributed by atoms with van der Waals surface area (Å²) in [7, 11) is 1.59. The highest BCUT2D eigenvalue weighted by Crippen LogP contribution is 2.19. The molecule has 0 spiro atoms. The molecule has 1 atom stereocenters. The molecule has 0 aromatic heterocycles. The highest BCUT2D eigenvalue weighted by molar-refractivity contribution is 6.30. The van der Waals surface area contributed by atoms with Crippen LogP contribution in [0, 0.1) is 0 Å². The third-order valence-corrected chi connectivity index (χ3v) is 4.88. The van der Waals surface area contributed by atoms with E-state index < -0.39 is 6.04 Å². The van der Waals surface area contributed by atoms with Crippen molar-refractivity contribution in [2.24, 2.45) is 0 Å². The van der Waals surface area contributed by atoms with Crippen LogP contribution < -0.4 is 14.8 Å². The predicted octanol–water partition coefficient (Wildman–Crippen LogP) is 4.06. The molecule has 0 unspecified atom stereocenters. The Bertz CT molecular complexity index is 843. The number of benzene rings is 2. The first-order valence-electron chi connectivity index (χ1n) is 10.0. The number of carbonyl (C=O) groups excluding carboxylic acids is 2. The van der Waals surface area contributed by atoms with Crippen molar-refractivity contribution in [2.75, 3.05) is 20.3 Å². The fourth-order valence-electron chi connectivity index (χ4n) is 2.87. The molecule has 2 aromatic carbocycles. The molecule has 2 amide bonds.